The summed E-state index contributed by atoms with van der Waals surface area (Å²) >= 11 is 0. The molecule has 10 heavy (non-hydrogen) atoms. The highest BCUT2D eigenvalue weighted by atomic mass is 19.3. The smallest absolute Gasteiger partial charge is 0.260 e. The molecule has 0 radical (unpaired) electrons. The Morgan fingerprint density at radius 1 is 1.50 bits per heavy atom. The van der Waals surface area contributed by atoms with Crippen LogP contribution in [0.5, 0.6) is 0 Å². The minimum absolute atomic E-state index is 0.0681. The molecule has 0 aliphatic heterocycles. The van der Waals surface area contributed by atoms with Gasteiger partial charge in [-0.3, -0.25) is 0 Å². The molecule has 62 valence electrons. The van der Waals surface area contributed by atoms with Crippen LogP contribution in [0.3, 0.4) is 0 Å². The highest BCUT2D eigenvalue weighted by molar-refractivity contribution is 4.69. The summed E-state index contributed by atoms with van der Waals surface area (Å²) in [4.78, 5) is 0. The lowest BCUT2D eigenvalue weighted by atomic mass is 10.0. The number of hydrogen-bond acceptors (Lipinski definition) is 1. The third-order valence-corrected chi connectivity index (χ3v) is 1.64. The quantitative estimate of drug-likeness (QED) is 0.653. The van der Waals surface area contributed by atoms with Crippen LogP contribution in [0.2, 0.25) is 0 Å². The molecule has 0 aliphatic rings. The zero-order chi connectivity index (χ0) is 8.20. The van der Waals surface area contributed by atoms with E-state index in [1.54, 1.807) is 0 Å². The molecule has 0 fully saturated rings. The van der Waals surface area contributed by atoms with Crippen molar-refractivity contribution >= 4 is 0 Å². The van der Waals surface area contributed by atoms with Crippen LogP contribution in [-0.2, 0) is 0 Å². The predicted molar refractivity (Wildman–Crippen MR) is 38.1 cm³/mol. The van der Waals surface area contributed by atoms with Crippen LogP contribution in [0, 0.1) is 5.92 Å². The van der Waals surface area contributed by atoms with E-state index in [0.717, 1.165) is 6.42 Å². The zero-order valence-corrected chi connectivity index (χ0v) is 6.53. The van der Waals surface area contributed by atoms with Crippen molar-refractivity contribution in [3.05, 3.63) is 0 Å². The fourth-order valence-electron chi connectivity index (χ4n) is 0.737. The van der Waals surface area contributed by atoms with E-state index >= 15 is 0 Å². The summed E-state index contributed by atoms with van der Waals surface area (Å²) in [6.07, 6.45) is 0.704. The number of alkyl halides is 2. The first-order chi connectivity index (χ1) is 4.52. The molecule has 1 nitrogen and oxygen atoms in total. The van der Waals surface area contributed by atoms with E-state index in [1.807, 2.05) is 13.8 Å². The standard InChI is InChI=1S/C7H15F2N/c1-3-6(2)4-7(8,9)5-10/h6H,3-5,10H2,1-2H3. The molecular formula is C7H15F2N. The summed E-state index contributed by atoms with van der Waals surface area (Å²) in [5.41, 5.74) is 4.86. The van der Waals surface area contributed by atoms with E-state index in [2.05, 4.69) is 0 Å². The Balaban J connectivity index is 3.64. The van der Waals surface area contributed by atoms with Crippen molar-refractivity contribution in [3.63, 3.8) is 0 Å². The zero-order valence-electron chi connectivity index (χ0n) is 6.53. The molecule has 0 saturated carbocycles. The molecule has 0 aliphatic carbocycles. The maximum Gasteiger partial charge on any atom is 0.260 e. The topological polar surface area (TPSA) is 26.0 Å². The van der Waals surface area contributed by atoms with Gasteiger partial charge in [-0.15, -0.1) is 0 Å². The first-order valence-corrected chi connectivity index (χ1v) is 3.59. The van der Waals surface area contributed by atoms with E-state index in [9.17, 15) is 8.78 Å². The Bertz CT molecular complexity index is 93.6. The second kappa shape index (κ2) is 3.86. The summed E-state index contributed by atoms with van der Waals surface area (Å²) in [6.45, 7) is 3.18. The molecule has 0 amide bonds. The van der Waals surface area contributed by atoms with Gasteiger partial charge in [0, 0.05) is 6.42 Å². The molecule has 0 aromatic heterocycles. The molecule has 0 aromatic carbocycles. The molecule has 0 saturated heterocycles. The van der Waals surface area contributed by atoms with Crippen LogP contribution in [-0.4, -0.2) is 12.5 Å². The van der Waals surface area contributed by atoms with Crippen molar-refractivity contribution in [2.45, 2.75) is 32.6 Å². The van der Waals surface area contributed by atoms with Crippen molar-refractivity contribution in [2.75, 3.05) is 6.54 Å². The van der Waals surface area contributed by atoms with Crippen molar-refractivity contribution < 1.29 is 8.78 Å². The van der Waals surface area contributed by atoms with Gasteiger partial charge in [-0.1, -0.05) is 20.3 Å². The van der Waals surface area contributed by atoms with Gasteiger partial charge in [-0.05, 0) is 5.92 Å². The number of hydrogen-bond donors (Lipinski definition) is 1. The lowest BCUT2D eigenvalue weighted by molar-refractivity contribution is -0.0119. The van der Waals surface area contributed by atoms with Crippen LogP contribution < -0.4 is 5.73 Å². The Kier molecular flexibility index (Phi) is 3.79. The highest BCUT2D eigenvalue weighted by Gasteiger charge is 2.28. The van der Waals surface area contributed by atoms with Crippen LogP contribution in [0.1, 0.15) is 26.7 Å². The van der Waals surface area contributed by atoms with Crippen molar-refractivity contribution in [1.29, 1.82) is 0 Å². The van der Waals surface area contributed by atoms with Gasteiger partial charge in [-0.25, -0.2) is 8.78 Å². The first-order valence-electron chi connectivity index (χ1n) is 3.59. The van der Waals surface area contributed by atoms with Crippen LogP contribution >= 0.6 is 0 Å². The van der Waals surface area contributed by atoms with Gasteiger partial charge in [0.25, 0.3) is 5.92 Å². The van der Waals surface area contributed by atoms with Gasteiger partial charge in [0.2, 0.25) is 0 Å². The average molecular weight is 151 g/mol. The van der Waals surface area contributed by atoms with Crippen LogP contribution in [0.25, 0.3) is 0 Å². The molecule has 0 spiro atoms. The molecule has 2 N–H and O–H groups in total. The second-order valence-corrected chi connectivity index (χ2v) is 2.78. The summed E-state index contributed by atoms with van der Waals surface area (Å²) in [5, 5.41) is 0. The Labute approximate surface area is 60.6 Å². The molecular weight excluding hydrogens is 136 g/mol. The molecule has 1 unspecified atom stereocenters. The minimum Gasteiger partial charge on any atom is -0.325 e. The van der Waals surface area contributed by atoms with Gasteiger partial charge in [0.1, 0.15) is 0 Å². The summed E-state index contributed by atoms with van der Waals surface area (Å²) in [6, 6.07) is 0. The third-order valence-electron chi connectivity index (χ3n) is 1.64. The van der Waals surface area contributed by atoms with Crippen molar-refractivity contribution in [2.24, 2.45) is 11.7 Å². The van der Waals surface area contributed by atoms with Gasteiger partial charge >= 0.3 is 0 Å². The summed E-state index contributed by atoms with van der Waals surface area (Å²) in [5.74, 6) is -2.59. The second-order valence-electron chi connectivity index (χ2n) is 2.78. The largest absolute Gasteiger partial charge is 0.325 e. The minimum atomic E-state index is -2.66. The maximum absolute atomic E-state index is 12.5. The number of halogens is 2. The Morgan fingerprint density at radius 2 is 2.00 bits per heavy atom. The van der Waals surface area contributed by atoms with Gasteiger partial charge in [-0.2, -0.15) is 0 Å². The predicted octanol–water partition coefficient (Wildman–Crippen LogP) is 2.02. The SMILES string of the molecule is CCC(C)CC(F)(F)CN. The van der Waals surface area contributed by atoms with E-state index in [1.165, 1.54) is 0 Å². The van der Waals surface area contributed by atoms with E-state index in [-0.39, 0.29) is 12.3 Å². The van der Waals surface area contributed by atoms with Crippen molar-refractivity contribution in [3.8, 4) is 0 Å². The average Bonchev–Trinajstić information content (AvgIpc) is 1.87. The fourth-order valence-corrected chi connectivity index (χ4v) is 0.737. The first kappa shape index (κ1) is 9.82. The Morgan fingerprint density at radius 3 is 2.30 bits per heavy atom. The maximum atomic E-state index is 12.5. The molecule has 0 rings (SSSR count). The summed E-state index contributed by atoms with van der Waals surface area (Å²) in [7, 11) is 0. The normalized spacial score (nSPS) is 15.3. The highest BCUT2D eigenvalue weighted by Crippen LogP contribution is 2.23. The van der Waals surface area contributed by atoms with Crippen LogP contribution in [0.15, 0.2) is 0 Å². The molecule has 1 atom stereocenters. The van der Waals surface area contributed by atoms with Gasteiger partial charge in [0.15, 0.2) is 0 Å². The Hall–Kier alpha value is -0.180. The lowest BCUT2D eigenvalue weighted by Crippen LogP contribution is -2.29. The van der Waals surface area contributed by atoms with E-state index < -0.39 is 12.5 Å². The van der Waals surface area contributed by atoms with Crippen molar-refractivity contribution in [1.82, 2.24) is 0 Å². The monoisotopic (exact) mass is 151 g/mol. The molecule has 0 aromatic rings. The van der Waals surface area contributed by atoms with E-state index in [4.69, 9.17) is 5.73 Å². The molecule has 3 heteroatoms. The summed E-state index contributed by atoms with van der Waals surface area (Å²) < 4.78 is 24.9. The van der Waals surface area contributed by atoms with Gasteiger partial charge in [0.05, 0.1) is 6.54 Å². The number of nitrogens with two attached hydrogens (primary N) is 1. The molecule has 0 bridgehead atoms. The fraction of sp³-hybridized carbons (Fsp3) is 1.00. The number of rotatable bonds is 4. The van der Waals surface area contributed by atoms with Gasteiger partial charge < -0.3 is 5.73 Å². The van der Waals surface area contributed by atoms with Crippen LogP contribution in [0.4, 0.5) is 8.78 Å². The third kappa shape index (κ3) is 3.77. The van der Waals surface area contributed by atoms with E-state index in [0.29, 0.717) is 0 Å². The molecule has 0 heterocycles. The lowest BCUT2D eigenvalue weighted by Gasteiger charge is -2.17.